The molecule has 1 aliphatic rings. The molecule has 5 rings (SSSR count). The number of hydrogen-bond donors (Lipinski definition) is 0. The van der Waals surface area contributed by atoms with Crippen LogP contribution in [0, 0.1) is 6.92 Å². The summed E-state index contributed by atoms with van der Waals surface area (Å²) in [6.45, 7) is 2.76. The van der Waals surface area contributed by atoms with Crippen LogP contribution in [0.4, 0.5) is 0 Å². The van der Waals surface area contributed by atoms with Gasteiger partial charge in [0.1, 0.15) is 17.4 Å². The van der Waals surface area contributed by atoms with Crippen molar-refractivity contribution >= 4 is 11.0 Å². The third-order valence-corrected chi connectivity index (χ3v) is 6.14. The zero-order chi connectivity index (χ0) is 21.9. The van der Waals surface area contributed by atoms with E-state index in [0.29, 0.717) is 11.3 Å². The van der Waals surface area contributed by atoms with Crippen LogP contribution in [0.15, 0.2) is 88.1 Å². The molecule has 0 amide bonds. The Kier molecular flexibility index (Phi) is 5.78. The van der Waals surface area contributed by atoms with Gasteiger partial charge in [-0.05, 0) is 54.5 Å². The number of aryl methyl sites for hydroxylation is 1. The molecule has 0 radical (unpaired) electrons. The molecule has 32 heavy (non-hydrogen) atoms. The molecule has 0 spiro atoms. The van der Waals surface area contributed by atoms with Crippen LogP contribution in [0.3, 0.4) is 0 Å². The summed E-state index contributed by atoms with van der Waals surface area (Å²) < 4.78 is 18.2. The van der Waals surface area contributed by atoms with E-state index in [1.165, 1.54) is 6.07 Å². The highest BCUT2D eigenvalue weighted by atomic mass is 16.5. The third kappa shape index (κ3) is 4.06. The number of rotatable bonds is 5. The molecule has 1 saturated heterocycles. The molecule has 3 aromatic carbocycles. The van der Waals surface area contributed by atoms with E-state index >= 15 is 0 Å². The molecule has 0 saturated carbocycles. The van der Waals surface area contributed by atoms with Crippen LogP contribution in [-0.4, -0.2) is 6.61 Å². The van der Waals surface area contributed by atoms with Gasteiger partial charge in [0.15, 0.2) is 0 Å². The highest BCUT2D eigenvalue weighted by molar-refractivity contribution is 5.86. The highest BCUT2D eigenvalue weighted by Gasteiger charge is 2.23. The molecule has 2 heterocycles. The van der Waals surface area contributed by atoms with Crippen molar-refractivity contribution in [3.05, 3.63) is 112 Å². The fourth-order valence-corrected chi connectivity index (χ4v) is 4.49. The SMILES string of the molecule is Cc1c(C2CCCCO2)ccc2c(OC(c3ccccc3)c3ccccc3)cc(=O)oc12. The summed E-state index contributed by atoms with van der Waals surface area (Å²) in [4.78, 5) is 12.5. The van der Waals surface area contributed by atoms with Crippen LogP contribution in [-0.2, 0) is 4.74 Å². The van der Waals surface area contributed by atoms with Gasteiger partial charge >= 0.3 is 5.63 Å². The summed E-state index contributed by atoms with van der Waals surface area (Å²) in [5, 5.41) is 0.790. The van der Waals surface area contributed by atoms with Crippen LogP contribution in [0.5, 0.6) is 5.75 Å². The smallest absolute Gasteiger partial charge is 0.339 e. The molecule has 0 N–H and O–H groups in total. The Labute approximate surface area is 187 Å². The number of fused-ring (bicyclic) bond motifs is 1. The lowest BCUT2D eigenvalue weighted by molar-refractivity contribution is 0.0146. The average Bonchev–Trinajstić information content (AvgIpc) is 2.85. The fourth-order valence-electron chi connectivity index (χ4n) is 4.49. The Hall–Kier alpha value is -3.37. The van der Waals surface area contributed by atoms with Crippen LogP contribution in [0.1, 0.15) is 53.7 Å². The van der Waals surface area contributed by atoms with E-state index < -0.39 is 5.63 Å². The topological polar surface area (TPSA) is 48.7 Å². The summed E-state index contributed by atoms with van der Waals surface area (Å²) in [6, 6.07) is 25.6. The van der Waals surface area contributed by atoms with Crippen molar-refractivity contribution in [1.82, 2.24) is 0 Å². The van der Waals surface area contributed by atoms with Crippen molar-refractivity contribution in [2.24, 2.45) is 0 Å². The normalized spacial score (nSPS) is 16.4. The second-order valence-electron chi connectivity index (χ2n) is 8.26. The van der Waals surface area contributed by atoms with Gasteiger partial charge < -0.3 is 13.9 Å². The number of ether oxygens (including phenoxy) is 2. The summed E-state index contributed by atoms with van der Waals surface area (Å²) in [7, 11) is 0. The molecule has 1 fully saturated rings. The summed E-state index contributed by atoms with van der Waals surface area (Å²) in [5.74, 6) is 0.521. The monoisotopic (exact) mass is 426 g/mol. The third-order valence-electron chi connectivity index (χ3n) is 6.14. The minimum Gasteiger partial charge on any atom is -0.480 e. The van der Waals surface area contributed by atoms with Crippen molar-refractivity contribution in [3.63, 3.8) is 0 Å². The Bertz CT molecular complexity index is 1220. The van der Waals surface area contributed by atoms with Gasteiger partial charge in [-0.2, -0.15) is 0 Å². The van der Waals surface area contributed by atoms with Crippen LogP contribution in [0.25, 0.3) is 11.0 Å². The maximum atomic E-state index is 12.5. The zero-order valence-electron chi connectivity index (χ0n) is 18.1. The quantitative estimate of drug-likeness (QED) is 0.341. The van der Waals surface area contributed by atoms with E-state index in [1.807, 2.05) is 73.7 Å². The van der Waals surface area contributed by atoms with Crippen molar-refractivity contribution in [1.29, 1.82) is 0 Å². The van der Waals surface area contributed by atoms with E-state index in [9.17, 15) is 4.79 Å². The van der Waals surface area contributed by atoms with E-state index in [-0.39, 0.29) is 12.2 Å². The van der Waals surface area contributed by atoms with Gasteiger partial charge in [-0.1, -0.05) is 66.7 Å². The number of hydrogen-bond acceptors (Lipinski definition) is 4. The first kappa shape index (κ1) is 20.5. The molecule has 0 bridgehead atoms. The number of benzene rings is 3. The van der Waals surface area contributed by atoms with E-state index in [0.717, 1.165) is 53.5 Å². The molecule has 162 valence electrons. The van der Waals surface area contributed by atoms with Gasteiger partial charge in [-0.25, -0.2) is 4.79 Å². The van der Waals surface area contributed by atoms with E-state index in [1.54, 1.807) is 0 Å². The van der Waals surface area contributed by atoms with E-state index in [2.05, 4.69) is 6.07 Å². The Morgan fingerprint density at radius 2 is 1.59 bits per heavy atom. The molecular weight excluding hydrogens is 400 g/mol. The van der Waals surface area contributed by atoms with Gasteiger partial charge in [-0.3, -0.25) is 0 Å². The molecule has 1 unspecified atom stereocenters. The van der Waals surface area contributed by atoms with Crippen molar-refractivity contribution in [2.45, 2.75) is 38.4 Å². The van der Waals surface area contributed by atoms with Crippen molar-refractivity contribution in [2.75, 3.05) is 6.61 Å². The molecule has 0 aliphatic carbocycles. The van der Waals surface area contributed by atoms with Gasteiger partial charge in [0.05, 0.1) is 17.6 Å². The molecular formula is C28H26O4. The van der Waals surface area contributed by atoms with Gasteiger partial charge in [0, 0.05) is 6.61 Å². The summed E-state index contributed by atoms with van der Waals surface area (Å²) >= 11 is 0. The summed E-state index contributed by atoms with van der Waals surface area (Å²) in [5.41, 5.74) is 4.21. The predicted molar refractivity (Wildman–Crippen MR) is 125 cm³/mol. The second-order valence-corrected chi connectivity index (χ2v) is 8.26. The highest BCUT2D eigenvalue weighted by Crippen LogP contribution is 2.37. The lowest BCUT2D eigenvalue weighted by Gasteiger charge is -2.25. The van der Waals surface area contributed by atoms with Gasteiger partial charge in [0.2, 0.25) is 0 Å². The second kappa shape index (κ2) is 9.01. The maximum Gasteiger partial charge on any atom is 0.339 e. The Balaban J connectivity index is 1.60. The molecule has 1 atom stereocenters. The van der Waals surface area contributed by atoms with Crippen molar-refractivity contribution < 1.29 is 13.9 Å². The summed E-state index contributed by atoms with van der Waals surface area (Å²) in [6.07, 6.45) is 2.92. The van der Waals surface area contributed by atoms with Crippen LogP contribution in [0.2, 0.25) is 0 Å². The van der Waals surface area contributed by atoms with Gasteiger partial charge in [-0.15, -0.1) is 0 Å². The Morgan fingerprint density at radius 3 is 2.22 bits per heavy atom. The average molecular weight is 427 g/mol. The zero-order valence-corrected chi connectivity index (χ0v) is 18.1. The predicted octanol–water partition coefficient (Wildman–Crippen LogP) is 6.51. The first-order valence-corrected chi connectivity index (χ1v) is 11.2. The molecule has 4 aromatic rings. The van der Waals surface area contributed by atoms with Gasteiger partial charge in [0.25, 0.3) is 0 Å². The van der Waals surface area contributed by atoms with Crippen molar-refractivity contribution in [3.8, 4) is 5.75 Å². The van der Waals surface area contributed by atoms with Crippen LogP contribution < -0.4 is 10.4 Å². The van der Waals surface area contributed by atoms with Crippen LogP contribution >= 0.6 is 0 Å². The first-order chi connectivity index (χ1) is 15.7. The lowest BCUT2D eigenvalue weighted by Crippen LogP contribution is -2.14. The molecule has 1 aliphatic heterocycles. The lowest BCUT2D eigenvalue weighted by atomic mass is 9.95. The fraction of sp³-hybridized carbons (Fsp3) is 0.250. The largest absolute Gasteiger partial charge is 0.480 e. The van der Waals surface area contributed by atoms with E-state index in [4.69, 9.17) is 13.9 Å². The molecule has 4 nitrogen and oxygen atoms in total. The minimum atomic E-state index is -0.419. The standard InChI is InChI=1S/C28H26O4/c1-19-22(24-14-8-9-17-30-24)15-16-23-25(18-26(29)32-27(19)23)31-28(20-10-4-2-5-11-20)21-12-6-3-7-13-21/h2-7,10-13,15-16,18,24,28H,8-9,14,17H2,1H3. The molecule has 1 aromatic heterocycles. The minimum absolute atomic E-state index is 0.0458. The maximum absolute atomic E-state index is 12.5. The first-order valence-electron chi connectivity index (χ1n) is 11.2. The molecule has 4 heteroatoms. The Morgan fingerprint density at radius 1 is 0.906 bits per heavy atom.